The molecule has 0 rings (SSSR count). The maximum absolute atomic E-state index is 3.36. The zero-order valence-corrected chi connectivity index (χ0v) is 8.48. The summed E-state index contributed by atoms with van der Waals surface area (Å²) in [5, 5.41) is 0. The third kappa shape index (κ3) is 124. The van der Waals surface area contributed by atoms with Crippen LogP contribution < -0.4 is 58.8 Å². The summed E-state index contributed by atoms with van der Waals surface area (Å²) in [6, 6.07) is 0. The molecule has 0 N–H and O–H groups in total. The van der Waals surface area contributed by atoms with Crippen molar-refractivity contribution in [2.45, 2.75) is 6.92 Å². The quantitative estimate of drug-likeness (QED) is 0.384. The van der Waals surface area contributed by atoms with Crippen LogP contribution in [0.1, 0.15) is 6.92 Å². The van der Waals surface area contributed by atoms with Crippen LogP contribution in [0.2, 0.25) is 0 Å². The summed E-state index contributed by atoms with van der Waals surface area (Å²) in [5.41, 5.74) is 0. The average molecular weight is 273 g/mol. The Morgan fingerprint density at radius 1 is 1.14 bits per heavy atom. The molecule has 0 nitrogen and oxygen atoms in total. The van der Waals surface area contributed by atoms with Gasteiger partial charge in [0.2, 0.25) is 0 Å². The Labute approximate surface area is 78.1 Å². The van der Waals surface area contributed by atoms with Gasteiger partial charge in [-0.3, -0.25) is 0 Å². The van der Waals surface area contributed by atoms with Crippen LogP contribution in [0.4, 0.5) is 0 Å². The molecule has 0 amide bonds. The van der Waals surface area contributed by atoms with Gasteiger partial charge in [-0.25, -0.2) is 0 Å². The Morgan fingerprint density at radius 2 is 1.14 bits per heavy atom. The zero-order valence-electron chi connectivity index (χ0n) is 3.80. The van der Waals surface area contributed by atoms with Crippen molar-refractivity contribution < 1.29 is 58.8 Å². The summed E-state index contributed by atoms with van der Waals surface area (Å²) in [7, 11) is 0. The van der Waals surface area contributed by atoms with E-state index in [9.17, 15) is 0 Å². The second-order valence-corrected chi connectivity index (χ2v) is 0.408. The monoisotopic (exact) mass is 270 g/mol. The topological polar surface area (TPSA) is 0 Å². The third-order valence-corrected chi connectivity index (χ3v) is 0. The number of allylic oxidation sites excluding steroid dienone is 1. The summed E-state index contributed by atoms with van der Waals surface area (Å²) < 4.78 is 0. The van der Waals surface area contributed by atoms with Crippen molar-refractivity contribution in [3.05, 3.63) is 12.7 Å². The maximum Gasteiger partial charge on any atom is -0.0473 e. The molecule has 0 unspecified atom stereocenters. The molecule has 0 aliphatic heterocycles. The molecule has 0 bridgehead atoms. The fourth-order valence-corrected chi connectivity index (χ4v) is 0. The van der Waals surface area contributed by atoms with E-state index in [4.69, 9.17) is 0 Å². The molecule has 0 aliphatic rings. The first-order valence-corrected chi connectivity index (χ1v) is 0.986. The molecule has 0 atom stereocenters. The summed E-state index contributed by atoms with van der Waals surface area (Å²) in [6.07, 6.45) is 1.75. The van der Waals surface area contributed by atoms with Crippen molar-refractivity contribution in [3.63, 3.8) is 0 Å². The smallest absolute Gasteiger partial charge is 0.0473 e. The number of hydrogen-bond acceptors (Lipinski definition) is 0. The van der Waals surface area contributed by atoms with Gasteiger partial charge in [-0.1, -0.05) is 6.08 Å². The van der Waals surface area contributed by atoms with Gasteiger partial charge in [0.25, 0.3) is 0 Å². The fraction of sp³-hybridized carbons (Fsp3) is 0.333. The summed E-state index contributed by atoms with van der Waals surface area (Å²) in [5.74, 6) is 0. The van der Waals surface area contributed by atoms with Crippen molar-refractivity contribution >= 4 is 0 Å². The fourth-order valence-electron chi connectivity index (χ4n) is 0. The molecular weight excluding hydrogens is 267 g/mol. The first-order chi connectivity index (χ1) is 1.41. The van der Waals surface area contributed by atoms with Gasteiger partial charge in [0, 0.05) is 0 Å². The van der Waals surface area contributed by atoms with E-state index >= 15 is 0 Å². The second kappa shape index (κ2) is 55.2. The Kier molecular flexibility index (Phi) is 322. The third-order valence-electron chi connectivity index (χ3n) is 0. The van der Waals surface area contributed by atoms with E-state index in [2.05, 4.69) is 6.58 Å². The van der Waals surface area contributed by atoms with Crippen molar-refractivity contribution in [1.29, 1.82) is 0 Å². The van der Waals surface area contributed by atoms with E-state index in [1.165, 1.54) is 0 Å². The molecule has 0 aromatic heterocycles. The predicted octanol–water partition coefficient (Wildman–Crippen LogP) is -10.8. The zero-order chi connectivity index (χ0) is 2.71. The van der Waals surface area contributed by atoms with Crippen LogP contribution in [-0.2, 0) is 0 Å². The van der Waals surface area contributed by atoms with Crippen LogP contribution in [0.15, 0.2) is 12.7 Å². The summed E-state index contributed by atoms with van der Waals surface area (Å²) in [6.45, 7) is 5.25. The predicted molar refractivity (Wildman–Crippen MR) is 15.9 cm³/mol. The molecule has 0 aliphatic carbocycles. The second-order valence-electron chi connectivity index (χ2n) is 0.408. The molecule has 50 valence electrons. The number of hydrogen-bond donors (Lipinski definition) is 0. The lowest BCUT2D eigenvalue weighted by atomic mass is 10.8. The molecule has 0 spiro atoms. The number of halogens is 4. The van der Waals surface area contributed by atoms with Crippen LogP contribution in [0.3, 0.4) is 0 Å². The van der Waals surface area contributed by atoms with E-state index in [0.29, 0.717) is 0 Å². The standard InChI is InChI=1S/C3H6.2BrH.2ClH/c1-3-2;;;;/h3H,1H2,2H3;4*1H/p-4. The number of rotatable bonds is 0. The van der Waals surface area contributed by atoms with Crippen LogP contribution in [0, 0.1) is 0 Å². The lowest BCUT2D eigenvalue weighted by Crippen LogP contribution is -3.00. The van der Waals surface area contributed by atoms with Gasteiger partial charge in [-0.15, -0.1) is 6.58 Å². The molecule has 0 fully saturated rings. The highest BCUT2D eigenvalue weighted by Gasteiger charge is 1.15. The molecule has 0 saturated heterocycles. The molecule has 0 aromatic rings. The van der Waals surface area contributed by atoms with Crippen molar-refractivity contribution in [3.8, 4) is 0 Å². The molecule has 0 heterocycles. The molecule has 0 radical (unpaired) electrons. The van der Waals surface area contributed by atoms with Gasteiger partial charge in [0.05, 0.1) is 0 Å². The minimum Gasteiger partial charge on any atom is -1.00 e. The molecule has 4 heteroatoms. The van der Waals surface area contributed by atoms with E-state index in [1.807, 2.05) is 6.92 Å². The lowest BCUT2D eigenvalue weighted by molar-refractivity contribution is -0.00100. The van der Waals surface area contributed by atoms with Gasteiger partial charge >= 0.3 is 0 Å². The SMILES string of the molecule is C=CC.[Br-].[Br-].[Cl-].[Cl-]. The largest absolute Gasteiger partial charge is 1.00 e. The van der Waals surface area contributed by atoms with Crippen LogP contribution in [-0.4, -0.2) is 0 Å². The first kappa shape index (κ1) is 40.8. The Balaban J connectivity index is -0.00000000333. The van der Waals surface area contributed by atoms with Crippen molar-refractivity contribution in [2.24, 2.45) is 0 Å². The van der Waals surface area contributed by atoms with Crippen molar-refractivity contribution in [1.82, 2.24) is 0 Å². The van der Waals surface area contributed by atoms with Crippen molar-refractivity contribution in [2.75, 3.05) is 0 Å². The van der Waals surface area contributed by atoms with E-state index in [-0.39, 0.29) is 58.8 Å². The minimum atomic E-state index is 0. The Morgan fingerprint density at radius 3 is 1.14 bits per heavy atom. The average Bonchev–Trinajstić information content (AvgIpc) is 0.918. The Bertz CT molecular complexity index is 18.4. The van der Waals surface area contributed by atoms with Gasteiger partial charge in [0.15, 0.2) is 0 Å². The highest BCUT2D eigenvalue weighted by atomic mass is 79.9. The van der Waals surface area contributed by atoms with Gasteiger partial charge in [0.1, 0.15) is 0 Å². The van der Waals surface area contributed by atoms with Gasteiger partial charge < -0.3 is 58.8 Å². The highest BCUT2D eigenvalue weighted by molar-refractivity contribution is 4.51. The van der Waals surface area contributed by atoms with Gasteiger partial charge in [-0.2, -0.15) is 0 Å². The lowest BCUT2D eigenvalue weighted by Gasteiger charge is -1.31. The summed E-state index contributed by atoms with van der Waals surface area (Å²) >= 11 is 0. The van der Waals surface area contributed by atoms with E-state index in [1.54, 1.807) is 6.08 Å². The van der Waals surface area contributed by atoms with Crippen LogP contribution >= 0.6 is 0 Å². The van der Waals surface area contributed by atoms with Crippen LogP contribution in [0.25, 0.3) is 0 Å². The van der Waals surface area contributed by atoms with Crippen LogP contribution in [0.5, 0.6) is 0 Å². The summed E-state index contributed by atoms with van der Waals surface area (Å²) in [4.78, 5) is 0. The maximum atomic E-state index is 3.36. The highest BCUT2D eigenvalue weighted by Crippen LogP contribution is 1.38. The minimum absolute atomic E-state index is 0. The molecule has 7 heavy (non-hydrogen) atoms. The van der Waals surface area contributed by atoms with Gasteiger partial charge in [-0.05, 0) is 6.92 Å². The van der Waals surface area contributed by atoms with E-state index < -0.39 is 0 Å². The Hall–Kier alpha value is 1.28. The first-order valence-electron chi connectivity index (χ1n) is 0.986. The molecule has 0 aromatic carbocycles. The molecule has 0 saturated carbocycles. The van der Waals surface area contributed by atoms with E-state index in [0.717, 1.165) is 0 Å². The molecular formula is C3H6Br2Cl2-4. The normalized spacial score (nSPS) is 1.86.